The highest BCUT2D eigenvalue weighted by Crippen LogP contribution is 2.44. The van der Waals surface area contributed by atoms with Gasteiger partial charge >= 0.3 is 5.97 Å². The number of nitrogens with zero attached hydrogens (tertiary/aromatic N) is 2. The van der Waals surface area contributed by atoms with Gasteiger partial charge in [0.05, 0.1) is 23.6 Å². The lowest BCUT2D eigenvalue weighted by atomic mass is 10.0. The van der Waals surface area contributed by atoms with Crippen molar-refractivity contribution in [1.29, 1.82) is 0 Å². The second kappa shape index (κ2) is 6.95. The second-order valence-electron chi connectivity index (χ2n) is 8.57. The third-order valence-electron chi connectivity index (χ3n) is 6.26. The first-order chi connectivity index (χ1) is 14.8. The van der Waals surface area contributed by atoms with E-state index in [1.807, 2.05) is 12.3 Å². The molecule has 1 aromatic carbocycles. The van der Waals surface area contributed by atoms with Crippen molar-refractivity contribution >= 4 is 16.9 Å². The van der Waals surface area contributed by atoms with Gasteiger partial charge in [-0.1, -0.05) is 0 Å². The van der Waals surface area contributed by atoms with Crippen LogP contribution >= 0.6 is 0 Å². The Labute approximate surface area is 178 Å². The number of carbonyl (C=O) groups is 1. The number of rotatable bonds is 4. The molecular formula is C23H24FN3O4. The number of carboxylic acid groups (broad SMARTS) is 1. The molecule has 2 aliphatic rings. The van der Waals surface area contributed by atoms with Gasteiger partial charge in [0.1, 0.15) is 11.4 Å². The number of aromatic nitrogens is 2. The van der Waals surface area contributed by atoms with E-state index < -0.39 is 17.2 Å². The van der Waals surface area contributed by atoms with Crippen LogP contribution < -0.4 is 15.5 Å². The zero-order valence-electron chi connectivity index (χ0n) is 17.6. The van der Waals surface area contributed by atoms with Crippen LogP contribution in [0.5, 0.6) is 5.75 Å². The molecule has 3 heterocycles. The third kappa shape index (κ3) is 3.05. The molecule has 8 heteroatoms. The number of nitrogens with one attached hydrogen (secondary N) is 1. The fraction of sp³-hybridized carbons (Fsp3) is 0.391. The smallest absolute Gasteiger partial charge is 0.341 e. The van der Waals surface area contributed by atoms with Crippen LogP contribution in [0.1, 0.15) is 54.8 Å². The molecule has 3 aromatic rings. The number of pyridine rings is 1. The van der Waals surface area contributed by atoms with Crippen molar-refractivity contribution in [2.75, 3.05) is 7.11 Å². The topological polar surface area (TPSA) is 85.5 Å². The summed E-state index contributed by atoms with van der Waals surface area (Å²) >= 11 is 0. The Kier molecular flexibility index (Phi) is 4.44. The van der Waals surface area contributed by atoms with Crippen LogP contribution in [-0.2, 0) is 6.54 Å². The van der Waals surface area contributed by atoms with Gasteiger partial charge in [-0.25, -0.2) is 9.18 Å². The summed E-state index contributed by atoms with van der Waals surface area (Å²) in [5.41, 5.74) is 1.39. The highest BCUT2D eigenvalue weighted by molar-refractivity contribution is 5.98. The van der Waals surface area contributed by atoms with E-state index in [9.17, 15) is 14.7 Å². The number of fused-ring (bicyclic) bond motifs is 2. The molecule has 0 bridgehead atoms. The van der Waals surface area contributed by atoms with E-state index >= 15 is 4.39 Å². The number of carboxylic acids is 1. The minimum atomic E-state index is -1.32. The Morgan fingerprint density at radius 1 is 1.26 bits per heavy atom. The van der Waals surface area contributed by atoms with E-state index in [1.165, 1.54) is 13.3 Å². The standard InChI is InChI=1S/C23H24FN3O4/c1-11-8-26-9-13(6-18(26)12(2)25-11)19-17(24)7-15-20(22(19)31-3)27(14-4-5-14)10-16(21(15)28)23(29)30/h6-7,9-12,14,25H,4-5,8H2,1-3H3,(H,29,30)/t11-,12+/m0/s1. The first-order valence-electron chi connectivity index (χ1n) is 10.4. The van der Waals surface area contributed by atoms with E-state index in [2.05, 4.69) is 23.7 Å². The summed E-state index contributed by atoms with van der Waals surface area (Å²) < 4.78 is 25.0. The molecular weight excluding hydrogens is 401 g/mol. The Balaban J connectivity index is 1.82. The number of halogens is 1. The average molecular weight is 425 g/mol. The number of benzene rings is 1. The molecule has 2 N–H and O–H groups in total. The van der Waals surface area contributed by atoms with Gasteiger partial charge in [0.15, 0.2) is 5.75 Å². The monoisotopic (exact) mass is 425 g/mol. The van der Waals surface area contributed by atoms with Gasteiger partial charge in [0.2, 0.25) is 5.43 Å². The molecule has 0 unspecified atom stereocenters. The van der Waals surface area contributed by atoms with E-state index in [1.54, 1.807) is 4.57 Å². The fourth-order valence-electron chi connectivity index (χ4n) is 4.76. The number of aromatic carboxylic acids is 1. The maximum absolute atomic E-state index is 15.5. The van der Waals surface area contributed by atoms with Crippen LogP contribution in [0, 0.1) is 5.82 Å². The summed E-state index contributed by atoms with van der Waals surface area (Å²) in [5.74, 6) is -1.67. The van der Waals surface area contributed by atoms with Gasteiger partial charge in [-0.2, -0.15) is 0 Å². The molecule has 0 radical (unpaired) electrons. The fourth-order valence-corrected chi connectivity index (χ4v) is 4.76. The largest absolute Gasteiger partial charge is 0.494 e. The minimum Gasteiger partial charge on any atom is -0.494 e. The molecule has 0 amide bonds. The van der Waals surface area contributed by atoms with Gasteiger partial charge in [-0.05, 0) is 38.8 Å². The molecule has 0 spiro atoms. The Morgan fingerprint density at radius 3 is 2.65 bits per heavy atom. The number of methoxy groups -OCH3 is 1. The van der Waals surface area contributed by atoms with Crippen LogP contribution in [0.25, 0.3) is 22.0 Å². The summed E-state index contributed by atoms with van der Waals surface area (Å²) in [4.78, 5) is 24.5. The first kappa shape index (κ1) is 19.8. The minimum absolute atomic E-state index is 0.0255. The number of hydrogen-bond acceptors (Lipinski definition) is 4. The maximum Gasteiger partial charge on any atom is 0.341 e. The summed E-state index contributed by atoms with van der Waals surface area (Å²) in [6, 6.07) is 3.58. The van der Waals surface area contributed by atoms with Gasteiger partial charge in [-0.3, -0.25) is 4.79 Å². The highest BCUT2D eigenvalue weighted by atomic mass is 19.1. The third-order valence-corrected chi connectivity index (χ3v) is 6.26. The Morgan fingerprint density at radius 2 is 2.00 bits per heavy atom. The Bertz CT molecular complexity index is 1290. The van der Waals surface area contributed by atoms with Gasteiger partial charge in [0, 0.05) is 48.3 Å². The molecule has 1 aliphatic heterocycles. The van der Waals surface area contributed by atoms with Gasteiger partial charge in [0.25, 0.3) is 0 Å². The van der Waals surface area contributed by atoms with Crippen LogP contribution in [0.15, 0.2) is 29.3 Å². The summed E-state index contributed by atoms with van der Waals surface area (Å²) in [5, 5.41) is 13.0. The zero-order chi connectivity index (χ0) is 22.0. The second-order valence-corrected chi connectivity index (χ2v) is 8.57. The van der Waals surface area contributed by atoms with Crippen molar-refractivity contribution in [3.63, 3.8) is 0 Å². The van der Waals surface area contributed by atoms with Gasteiger partial charge < -0.3 is 24.3 Å². The predicted molar refractivity (Wildman–Crippen MR) is 114 cm³/mol. The lowest BCUT2D eigenvalue weighted by Gasteiger charge is -2.28. The molecule has 1 fully saturated rings. The molecule has 162 valence electrons. The molecule has 2 atom stereocenters. The van der Waals surface area contributed by atoms with Crippen molar-refractivity contribution < 1.29 is 19.0 Å². The van der Waals surface area contributed by atoms with Crippen LogP contribution in [0.2, 0.25) is 0 Å². The van der Waals surface area contributed by atoms with Crippen molar-refractivity contribution in [3.05, 3.63) is 51.8 Å². The van der Waals surface area contributed by atoms with Crippen LogP contribution in [0.3, 0.4) is 0 Å². The zero-order valence-corrected chi connectivity index (χ0v) is 17.6. The molecule has 1 aliphatic carbocycles. The molecule has 1 saturated carbocycles. The van der Waals surface area contributed by atoms with Crippen molar-refractivity contribution in [1.82, 2.24) is 14.5 Å². The van der Waals surface area contributed by atoms with Crippen molar-refractivity contribution in [3.8, 4) is 16.9 Å². The lowest BCUT2D eigenvalue weighted by molar-refractivity contribution is 0.0695. The molecule has 7 nitrogen and oxygen atoms in total. The van der Waals surface area contributed by atoms with E-state index in [-0.39, 0.29) is 34.3 Å². The van der Waals surface area contributed by atoms with Crippen molar-refractivity contribution in [2.24, 2.45) is 0 Å². The summed E-state index contributed by atoms with van der Waals surface area (Å²) in [6.07, 6.45) is 5.03. The maximum atomic E-state index is 15.5. The molecule has 31 heavy (non-hydrogen) atoms. The van der Waals surface area contributed by atoms with E-state index in [0.29, 0.717) is 17.1 Å². The molecule has 2 aromatic heterocycles. The first-order valence-corrected chi connectivity index (χ1v) is 10.4. The normalized spacial score (nSPS) is 20.6. The number of hydrogen-bond donors (Lipinski definition) is 2. The van der Waals surface area contributed by atoms with E-state index in [4.69, 9.17) is 4.74 Å². The molecule has 5 rings (SSSR count). The lowest BCUT2D eigenvalue weighted by Crippen LogP contribution is -2.38. The molecule has 0 saturated heterocycles. The quantitative estimate of drug-likeness (QED) is 0.666. The van der Waals surface area contributed by atoms with Crippen molar-refractivity contribution in [2.45, 2.75) is 51.4 Å². The Hall–Kier alpha value is -3.13. The average Bonchev–Trinajstić information content (AvgIpc) is 3.46. The van der Waals surface area contributed by atoms with Gasteiger partial charge in [-0.15, -0.1) is 0 Å². The SMILES string of the molecule is COc1c(-c2cc3n(c2)C[C@H](C)N[C@@H]3C)c(F)cc2c(=O)c(C(=O)O)cn(C3CC3)c12. The summed E-state index contributed by atoms with van der Waals surface area (Å²) in [6.45, 7) is 4.94. The number of ether oxygens (including phenoxy) is 1. The summed E-state index contributed by atoms with van der Waals surface area (Å²) in [7, 11) is 1.45. The van der Waals surface area contributed by atoms with Crippen LogP contribution in [-0.4, -0.2) is 33.4 Å². The highest BCUT2D eigenvalue weighted by Gasteiger charge is 2.31. The predicted octanol–water partition coefficient (Wildman–Crippen LogP) is 3.70. The van der Waals surface area contributed by atoms with E-state index in [0.717, 1.165) is 31.1 Å². The van der Waals surface area contributed by atoms with Crippen LogP contribution in [0.4, 0.5) is 4.39 Å².